The average molecular weight is 274 g/mol. The van der Waals surface area contributed by atoms with E-state index in [1.807, 2.05) is 12.1 Å². The Morgan fingerprint density at radius 2 is 2.21 bits per heavy atom. The van der Waals surface area contributed by atoms with Crippen LogP contribution in [0.2, 0.25) is 0 Å². The van der Waals surface area contributed by atoms with Crippen molar-refractivity contribution in [3.63, 3.8) is 0 Å². The van der Waals surface area contributed by atoms with Gasteiger partial charge in [0.15, 0.2) is 0 Å². The third kappa shape index (κ3) is 2.65. The normalized spacial score (nSPS) is 17.9. The Kier molecular flexibility index (Phi) is 3.53. The van der Waals surface area contributed by atoms with Gasteiger partial charge in [0, 0.05) is 29.4 Å². The summed E-state index contributed by atoms with van der Waals surface area (Å²) < 4.78 is 5.68. The van der Waals surface area contributed by atoms with E-state index in [0.717, 1.165) is 31.0 Å². The van der Waals surface area contributed by atoms with Gasteiger partial charge in [-0.2, -0.15) is 0 Å². The van der Waals surface area contributed by atoms with Crippen molar-refractivity contribution in [3.8, 4) is 5.75 Å². The average Bonchev–Trinajstić information content (AvgIpc) is 2.75. The van der Waals surface area contributed by atoms with E-state index in [2.05, 4.69) is 36.3 Å². The quantitative estimate of drug-likeness (QED) is 0.931. The van der Waals surface area contributed by atoms with Gasteiger partial charge in [0.05, 0.1) is 12.3 Å². The highest BCUT2D eigenvalue weighted by Gasteiger charge is 2.20. The van der Waals surface area contributed by atoms with Crippen LogP contribution in [0.5, 0.6) is 5.75 Å². The predicted molar refractivity (Wildman–Crippen MR) is 77.7 cm³/mol. The van der Waals surface area contributed by atoms with E-state index in [4.69, 9.17) is 4.74 Å². The summed E-state index contributed by atoms with van der Waals surface area (Å²) in [4.78, 5) is 5.88. The third-order valence-electron chi connectivity index (χ3n) is 3.53. The Hall–Kier alpha value is -1.39. The number of para-hydroxylation sites is 1. The molecule has 1 aromatic carbocycles. The molecule has 0 aliphatic carbocycles. The fraction of sp³-hybridized carbons (Fsp3) is 0.400. The molecule has 1 aromatic heterocycles. The van der Waals surface area contributed by atoms with Crippen molar-refractivity contribution in [2.24, 2.45) is 0 Å². The topological polar surface area (TPSA) is 34.2 Å². The van der Waals surface area contributed by atoms with Gasteiger partial charge < -0.3 is 10.1 Å². The SMILES string of the molecule is Cc1nc(CNC2CCOc3ccccc32)sc1C. The summed E-state index contributed by atoms with van der Waals surface area (Å²) in [5.41, 5.74) is 2.41. The first-order valence-corrected chi connectivity index (χ1v) is 7.43. The number of aromatic nitrogens is 1. The van der Waals surface area contributed by atoms with Crippen LogP contribution in [0.3, 0.4) is 0 Å². The fourth-order valence-corrected chi connectivity index (χ4v) is 3.26. The number of nitrogens with one attached hydrogen (secondary N) is 1. The second-order valence-electron chi connectivity index (χ2n) is 4.86. The molecule has 100 valence electrons. The van der Waals surface area contributed by atoms with Crippen molar-refractivity contribution in [1.82, 2.24) is 10.3 Å². The summed E-state index contributed by atoms with van der Waals surface area (Å²) in [6.07, 6.45) is 1.01. The summed E-state index contributed by atoms with van der Waals surface area (Å²) in [5, 5.41) is 4.77. The van der Waals surface area contributed by atoms with Gasteiger partial charge in [-0.05, 0) is 19.9 Å². The second kappa shape index (κ2) is 5.31. The first-order valence-electron chi connectivity index (χ1n) is 6.62. The maximum absolute atomic E-state index is 5.68. The molecule has 3 nitrogen and oxygen atoms in total. The minimum atomic E-state index is 0.370. The van der Waals surface area contributed by atoms with Crippen LogP contribution in [-0.4, -0.2) is 11.6 Å². The van der Waals surface area contributed by atoms with Crippen molar-refractivity contribution >= 4 is 11.3 Å². The van der Waals surface area contributed by atoms with Gasteiger partial charge in [-0.3, -0.25) is 0 Å². The summed E-state index contributed by atoms with van der Waals surface area (Å²) in [6, 6.07) is 8.65. The van der Waals surface area contributed by atoms with Gasteiger partial charge >= 0.3 is 0 Å². The number of rotatable bonds is 3. The molecule has 1 N–H and O–H groups in total. The van der Waals surface area contributed by atoms with Gasteiger partial charge in [-0.1, -0.05) is 18.2 Å². The van der Waals surface area contributed by atoms with Gasteiger partial charge in [-0.15, -0.1) is 11.3 Å². The van der Waals surface area contributed by atoms with Gasteiger partial charge in [0.25, 0.3) is 0 Å². The first kappa shape index (κ1) is 12.6. The zero-order chi connectivity index (χ0) is 13.2. The Labute approximate surface area is 117 Å². The molecular formula is C15H18N2OS. The molecule has 0 amide bonds. The summed E-state index contributed by atoms with van der Waals surface area (Å²) in [7, 11) is 0. The molecule has 2 aromatic rings. The monoisotopic (exact) mass is 274 g/mol. The van der Waals surface area contributed by atoms with E-state index in [1.165, 1.54) is 15.4 Å². The molecular weight excluding hydrogens is 256 g/mol. The van der Waals surface area contributed by atoms with Crippen molar-refractivity contribution in [1.29, 1.82) is 0 Å². The summed E-state index contributed by atoms with van der Waals surface area (Å²) in [6.45, 7) is 5.81. The van der Waals surface area contributed by atoms with Crippen LogP contribution in [0, 0.1) is 13.8 Å². The molecule has 0 fully saturated rings. The molecule has 0 saturated carbocycles. The van der Waals surface area contributed by atoms with Crippen LogP contribution in [0.4, 0.5) is 0 Å². The van der Waals surface area contributed by atoms with Crippen LogP contribution < -0.4 is 10.1 Å². The van der Waals surface area contributed by atoms with Crippen LogP contribution in [0.1, 0.15) is 33.6 Å². The van der Waals surface area contributed by atoms with Crippen molar-refractivity contribution < 1.29 is 4.74 Å². The highest BCUT2D eigenvalue weighted by Crippen LogP contribution is 2.31. The molecule has 0 radical (unpaired) electrons. The lowest BCUT2D eigenvalue weighted by molar-refractivity contribution is 0.252. The predicted octanol–water partition coefficient (Wildman–Crippen LogP) is 3.37. The van der Waals surface area contributed by atoms with Crippen molar-refractivity contribution in [2.75, 3.05) is 6.61 Å². The lowest BCUT2D eigenvalue weighted by Gasteiger charge is -2.26. The molecule has 0 saturated heterocycles. The van der Waals surface area contributed by atoms with E-state index in [1.54, 1.807) is 11.3 Å². The number of benzene rings is 1. The number of aryl methyl sites for hydroxylation is 2. The van der Waals surface area contributed by atoms with E-state index in [0.29, 0.717) is 6.04 Å². The lowest BCUT2D eigenvalue weighted by Crippen LogP contribution is -2.26. The van der Waals surface area contributed by atoms with Gasteiger partial charge in [0.2, 0.25) is 0 Å². The van der Waals surface area contributed by atoms with Gasteiger partial charge in [0.1, 0.15) is 10.8 Å². The van der Waals surface area contributed by atoms with Crippen LogP contribution in [0.15, 0.2) is 24.3 Å². The first-order chi connectivity index (χ1) is 9.24. The number of fused-ring (bicyclic) bond motifs is 1. The van der Waals surface area contributed by atoms with Crippen LogP contribution in [-0.2, 0) is 6.54 Å². The fourth-order valence-electron chi connectivity index (χ4n) is 2.38. The van der Waals surface area contributed by atoms with Crippen LogP contribution in [0.25, 0.3) is 0 Å². The van der Waals surface area contributed by atoms with E-state index in [-0.39, 0.29) is 0 Å². The molecule has 19 heavy (non-hydrogen) atoms. The molecule has 0 spiro atoms. The number of nitrogens with zero attached hydrogens (tertiary/aromatic N) is 1. The largest absolute Gasteiger partial charge is 0.493 e. The molecule has 0 bridgehead atoms. The molecule has 4 heteroatoms. The van der Waals surface area contributed by atoms with Crippen molar-refractivity contribution in [3.05, 3.63) is 45.4 Å². The minimum Gasteiger partial charge on any atom is -0.493 e. The van der Waals surface area contributed by atoms with Gasteiger partial charge in [-0.25, -0.2) is 4.98 Å². The smallest absolute Gasteiger partial charge is 0.124 e. The number of hydrogen-bond acceptors (Lipinski definition) is 4. The highest BCUT2D eigenvalue weighted by atomic mass is 32.1. The molecule has 1 unspecified atom stereocenters. The minimum absolute atomic E-state index is 0.370. The van der Waals surface area contributed by atoms with E-state index >= 15 is 0 Å². The van der Waals surface area contributed by atoms with Crippen LogP contribution >= 0.6 is 11.3 Å². The molecule has 2 heterocycles. The zero-order valence-electron chi connectivity index (χ0n) is 11.3. The molecule has 1 aliphatic rings. The molecule has 1 aliphatic heterocycles. The lowest BCUT2D eigenvalue weighted by atomic mass is 10.0. The Morgan fingerprint density at radius 1 is 1.37 bits per heavy atom. The maximum Gasteiger partial charge on any atom is 0.124 e. The van der Waals surface area contributed by atoms with Crippen molar-refractivity contribution in [2.45, 2.75) is 32.9 Å². The molecule has 1 atom stereocenters. The summed E-state index contributed by atoms with van der Waals surface area (Å²) >= 11 is 1.78. The highest BCUT2D eigenvalue weighted by molar-refractivity contribution is 7.11. The number of thiazole rings is 1. The Morgan fingerprint density at radius 3 is 3.00 bits per heavy atom. The Bertz CT molecular complexity index is 560. The second-order valence-corrected chi connectivity index (χ2v) is 6.15. The molecule has 3 rings (SSSR count). The maximum atomic E-state index is 5.68. The summed E-state index contributed by atoms with van der Waals surface area (Å²) in [5.74, 6) is 1.01. The Balaban J connectivity index is 1.71. The number of ether oxygens (including phenoxy) is 1. The zero-order valence-corrected chi connectivity index (χ0v) is 12.1. The van der Waals surface area contributed by atoms with E-state index in [9.17, 15) is 0 Å². The third-order valence-corrected chi connectivity index (χ3v) is 4.60. The standard InChI is InChI=1S/C15H18N2OS/c1-10-11(2)19-15(17-10)9-16-13-7-8-18-14-6-4-3-5-12(13)14/h3-6,13,16H,7-9H2,1-2H3. The number of hydrogen-bond donors (Lipinski definition) is 1. The van der Waals surface area contributed by atoms with E-state index < -0.39 is 0 Å².